The van der Waals surface area contributed by atoms with Crippen molar-refractivity contribution in [1.82, 2.24) is 25.0 Å². The molecule has 0 atom stereocenters. The summed E-state index contributed by atoms with van der Waals surface area (Å²) in [6.45, 7) is 2.80. The van der Waals surface area contributed by atoms with Crippen LogP contribution in [0.15, 0.2) is 29.0 Å². The van der Waals surface area contributed by atoms with Crippen LogP contribution >= 0.6 is 15.9 Å². The van der Waals surface area contributed by atoms with E-state index >= 15 is 0 Å². The first kappa shape index (κ1) is 14.6. The number of rotatable bonds is 4. The molecule has 4 rings (SSSR count). The van der Waals surface area contributed by atoms with Crippen molar-refractivity contribution in [3.63, 3.8) is 0 Å². The van der Waals surface area contributed by atoms with Gasteiger partial charge in [-0.25, -0.2) is 9.67 Å². The van der Waals surface area contributed by atoms with Crippen LogP contribution in [-0.4, -0.2) is 25.0 Å². The minimum Gasteiger partial charge on any atom is -0.436 e. The molecule has 1 fully saturated rings. The molecule has 3 aromatic rings. The van der Waals surface area contributed by atoms with Crippen molar-refractivity contribution in [2.24, 2.45) is 5.92 Å². The molecular formula is C16H16BrN5O. The second kappa shape index (κ2) is 5.88. The number of aryl methyl sites for hydroxylation is 1. The Kier molecular flexibility index (Phi) is 3.72. The average Bonchev–Trinajstić information content (AvgIpc) is 2.92. The van der Waals surface area contributed by atoms with Crippen LogP contribution in [0.4, 0.5) is 0 Å². The number of hydrogen-bond donors (Lipinski definition) is 0. The van der Waals surface area contributed by atoms with E-state index < -0.39 is 0 Å². The van der Waals surface area contributed by atoms with Gasteiger partial charge in [-0.05, 0) is 53.7 Å². The fourth-order valence-corrected chi connectivity index (χ4v) is 3.21. The van der Waals surface area contributed by atoms with Crippen LogP contribution in [0.25, 0.3) is 11.0 Å². The van der Waals surface area contributed by atoms with Gasteiger partial charge in [0, 0.05) is 18.9 Å². The number of ether oxygens (including phenoxy) is 1. The second-order valence-electron chi connectivity index (χ2n) is 5.86. The molecule has 0 saturated heterocycles. The van der Waals surface area contributed by atoms with Gasteiger partial charge < -0.3 is 4.74 Å². The SMILES string of the molecule is Cc1nccnc1Oc1ccc2c(nnn2CC2CCC2)c1Br. The summed E-state index contributed by atoms with van der Waals surface area (Å²) in [7, 11) is 0. The normalized spacial score (nSPS) is 14.9. The number of nitrogens with zero attached hydrogens (tertiary/aromatic N) is 5. The smallest absolute Gasteiger partial charge is 0.240 e. The predicted molar refractivity (Wildman–Crippen MR) is 89.4 cm³/mol. The molecule has 0 aliphatic heterocycles. The highest BCUT2D eigenvalue weighted by Crippen LogP contribution is 2.35. The van der Waals surface area contributed by atoms with Crippen LogP contribution in [-0.2, 0) is 6.54 Å². The maximum Gasteiger partial charge on any atom is 0.240 e. The number of hydrogen-bond acceptors (Lipinski definition) is 5. The van der Waals surface area contributed by atoms with Gasteiger partial charge >= 0.3 is 0 Å². The molecule has 1 saturated carbocycles. The largest absolute Gasteiger partial charge is 0.436 e. The Labute approximate surface area is 142 Å². The lowest BCUT2D eigenvalue weighted by atomic mass is 9.85. The van der Waals surface area contributed by atoms with Gasteiger partial charge in [0.2, 0.25) is 5.88 Å². The lowest BCUT2D eigenvalue weighted by molar-refractivity contribution is 0.268. The Bertz CT molecular complexity index is 859. The predicted octanol–water partition coefficient (Wildman–Crippen LogP) is 3.88. The van der Waals surface area contributed by atoms with Gasteiger partial charge in [-0.2, -0.15) is 0 Å². The molecule has 0 unspecified atom stereocenters. The molecule has 0 bridgehead atoms. The molecular weight excluding hydrogens is 358 g/mol. The van der Waals surface area contributed by atoms with E-state index in [1.54, 1.807) is 12.4 Å². The summed E-state index contributed by atoms with van der Waals surface area (Å²) < 4.78 is 8.65. The molecule has 1 aromatic carbocycles. The number of aromatic nitrogens is 5. The zero-order valence-electron chi connectivity index (χ0n) is 12.7. The van der Waals surface area contributed by atoms with Crippen molar-refractivity contribution >= 4 is 27.0 Å². The molecule has 0 radical (unpaired) electrons. The summed E-state index contributed by atoms with van der Waals surface area (Å²) >= 11 is 3.59. The van der Waals surface area contributed by atoms with Crippen molar-refractivity contribution in [2.45, 2.75) is 32.7 Å². The lowest BCUT2D eigenvalue weighted by Crippen LogP contribution is -2.18. The van der Waals surface area contributed by atoms with Crippen LogP contribution < -0.4 is 4.74 Å². The van der Waals surface area contributed by atoms with E-state index in [0.717, 1.165) is 33.7 Å². The van der Waals surface area contributed by atoms with E-state index in [4.69, 9.17) is 4.74 Å². The maximum atomic E-state index is 5.87. The first-order valence-electron chi connectivity index (χ1n) is 7.69. The first-order chi connectivity index (χ1) is 11.2. The number of benzene rings is 1. The van der Waals surface area contributed by atoms with E-state index in [1.807, 2.05) is 23.7 Å². The molecule has 2 aromatic heterocycles. The highest BCUT2D eigenvalue weighted by molar-refractivity contribution is 9.10. The first-order valence-corrected chi connectivity index (χ1v) is 8.49. The molecule has 6 nitrogen and oxygen atoms in total. The van der Waals surface area contributed by atoms with E-state index in [9.17, 15) is 0 Å². The standard InChI is InChI=1S/C16H16BrN5O/c1-10-16(19-8-7-18-10)23-13-6-5-12-15(14(13)17)20-21-22(12)9-11-3-2-4-11/h5-8,11H,2-4,9H2,1H3. The molecule has 1 aliphatic carbocycles. The van der Waals surface area contributed by atoms with Crippen molar-refractivity contribution in [1.29, 1.82) is 0 Å². The second-order valence-corrected chi connectivity index (χ2v) is 6.66. The summed E-state index contributed by atoms with van der Waals surface area (Å²) in [4.78, 5) is 8.40. The maximum absolute atomic E-state index is 5.87. The summed E-state index contributed by atoms with van der Waals surface area (Å²) in [6.07, 6.45) is 7.16. The third kappa shape index (κ3) is 2.69. The summed E-state index contributed by atoms with van der Waals surface area (Å²) in [5.74, 6) is 1.89. The summed E-state index contributed by atoms with van der Waals surface area (Å²) in [5.41, 5.74) is 2.57. The van der Waals surface area contributed by atoms with Crippen LogP contribution in [0.1, 0.15) is 25.0 Å². The number of fused-ring (bicyclic) bond motifs is 1. The average molecular weight is 374 g/mol. The van der Waals surface area contributed by atoms with E-state index in [-0.39, 0.29) is 0 Å². The van der Waals surface area contributed by atoms with Gasteiger partial charge in [0.05, 0.1) is 15.7 Å². The van der Waals surface area contributed by atoms with Crippen LogP contribution in [0.5, 0.6) is 11.6 Å². The summed E-state index contributed by atoms with van der Waals surface area (Å²) in [5, 5.41) is 8.60. The quantitative estimate of drug-likeness (QED) is 0.693. The Morgan fingerprint density at radius 1 is 1.26 bits per heavy atom. The van der Waals surface area contributed by atoms with Gasteiger partial charge in [-0.1, -0.05) is 11.6 Å². The molecule has 0 spiro atoms. The Morgan fingerprint density at radius 2 is 2.09 bits per heavy atom. The molecule has 0 N–H and O–H groups in total. The van der Waals surface area contributed by atoms with Crippen LogP contribution in [0.2, 0.25) is 0 Å². The fraction of sp³-hybridized carbons (Fsp3) is 0.375. The topological polar surface area (TPSA) is 65.7 Å². The van der Waals surface area contributed by atoms with Crippen LogP contribution in [0, 0.1) is 12.8 Å². The van der Waals surface area contributed by atoms with Gasteiger partial charge in [0.1, 0.15) is 11.3 Å². The summed E-state index contributed by atoms with van der Waals surface area (Å²) in [6, 6.07) is 3.92. The van der Waals surface area contributed by atoms with Crippen molar-refractivity contribution in [3.05, 3.63) is 34.7 Å². The van der Waals surface area contributed by atoms with Crippen molar-refractivity contribution in [2.75, 3.05) is 0 Å². The Morgan fingerprint density at radius 3 is 2.83 bits per heavy atom. The third-order valence-electron chi connectivity index (χ3n) is 4.29. The minimum atomic E-state index is 0.495. The molecule has 23 heavy (non-hydrogen) atoms. The van der Waals surface area contributed by atoms with Crippen molar-refractivity contribution < 1.29 is 4.74 Å². The fourth-order valence-electron chi connectivity index (χ4n) is 2.72. The van der Waals surface area contributed by atoms with Gasteiger partial charge in [0.25, 0.3) is 0 Å². The molecule has 2 heterocycles. The van der Waals surface area contributed by atoms with E-state index in [1.165, 1.54) is 19.3 Å². The number of halogens is 1. The van der Waals surface area contributed by atoms with Gasteiger partial charge in [-0.15, -0.1) is 5.10 Å². The Hall–Kier alpha value is -2.02. The van der Waals surface area contributed by atoms with E-state index in [2.05, 4.69) is 36.2 Å². The Balaban J connectivity index is 1.66. The third-order valence-corrected chi connectivity index (χ3v) is 5.06. The lowest BCUT2D eigenvalue weighted by Gasteiger charge is -2.24. The van der Waals surface area contributed by atoms with Crippen molar-refractivity contribution in [3.8, 4) is 11.6 Å². The highest BCUT2D eigenvalue weighted by atomic mass is 79.9. The monoisotopic (exact) mass is 373 g/mol. The minimum absolute atomic E-state index is 0.495. The molecule has 118 valence electrons. The zero-order chi connectivity index (χ0) is 15.8. The van der Waals surface area contributed by atoms with Gasteiger partial charge in [0.15, 0.2) is 0 Å². The zero-order valence-corrected chi connectivity index (χ0v) is 14.3. The van der Waals surface area contributed by atoms with Gasteiger partial charge in [-0.3, -0.25) is 4.98 Å². The molecule has 0 amide bonds. The molecule has 7 heteroatoms. The van der Waals surface area contributed by atoms with Crippen LogP contribution in [0.3, 0.4) is 0 Å². The molecule has 1 aliphatic rings. The van der Waals surface area contributed by atoms with E-state index in [0.29, 0.717) is 11.6 Å². The highest BCUT2D eigenvalue weighted by Gasteiger charge is 2.21.